The molecule has 0 fully saturated rings. The second-order valence-corrected chi connectivity index (χ2v) is 5.71. The molecule has 128 valence electrons. The number of carbonyl (C=O) groups is 2. The van der Waals surface area contributed by atoms with Crippen LogP contribution in [0.5, 0.6) is 0 Å². The van der Waals surface area contributed by atoms with E-state index in [1.165, 1.54) is 6.92 Å². The Balaban J connectivity index is 1.72. The molecule has 3 rings (SSSR count). The average molecular weight is 338 g/mol. The summed E-state index contributed by atoms with van der Waals surface area (Å²) in [4.78, 5) is 27.6. The lowest BCUT2D eigenvalue weighted by Gasteiger charge is -2.11. The van der Waals surface area contributed by atoms with Crippen LogP contribution in [-0.2, 0) is 4.79 Å². The van der Waals surface area contributed by atoms with Crippen LogP contribution in [-0.4, -0.2) is 16.9 Å². The number of hydrogen-bond donors (Lipinski definition) is 3. The van der Waals surface area contributed by atoms with E-state index in [-0.39, 0.29) is 5.91 Å². The number of urea groups is 1. The first-order valence-corrected chi connectivity index (χ1v) is 7.74. The molecule has 7 nitrogen and oxygen atoms in total. The highest BCUT2D eigenvalue weighted by molar-refractivity contribution is 6.01. The number of benzene rings is 2. The summed E-state index contributed by atoms with van der Waals surface area (Å²) >= 11 is 0. The lowest BCUT2D eigenvalue weighted by atomic mass is 10.2. The van der Waals surface area contributed by atoms with Crippen LogP contribution >= 0.6 is 0 Å². The van der Waals surface area contributed by atoms with Gasteiger partial charge in [0.1, 0.15) is 5.52 Å². The largest absolute Gasteiger partial charge is 0.441 e. The van der Waals surface area contributed by atoms with Crippen molar-refractivity contribution in [1.82, 2.24) is 4.98 Å². The van der Waals surface area contributed by atoms with Gasteiger partial charge in [0.2, 0.25) is 5.91 Å². The number of aryl methyl sites for hydroxylation is 2. The molecule has 0 aliphatic heterocycles. The number of rotatable bonds is 3. The molecule has 3 N–H and O–H groups in total. The molecular formula is C18H18N4O3. The van der Waals surface area contributed by atoms with Gasteiger partial charge in [-0.25, -0.2) is 9.78 Å². The van der Waals surface area contributed by atoms with E-state index in [1.54, 1.807) is 37.3 Å². The van der Waals surface area contributed by atoms with E-state index in [4.69, 9.17) is 4.42 Å². The van der Waals surface area contributed by atoms with Crippen LogP contribution in [0.15, 0.2) is 40.8 Å². The van der Waals surface area contributed by atoms with Gasteiger partial charge in [-0.05, 0) is 42.8 Å². The molecule has 0 saturated carbocycles. The maximum absolute atomic E-state index is 12.2. The van der Waals surface area contributed by atoms with Crippen LogP contribution in [0.4, 0.5) is 21.9 Å². The normalized spacial score (nSPS) is 10.5. The van der Waals surface area contributed by atoms with Crippen LogP contribution in [0.1, 0.15) is 18.4 Å². The van der Waals surface area contributed by atoms with Gasteiger partial charge < -0.3 is 20.4 Å². The predicted molar refractivity (Wildman–Crippen MR) is 96.9 cm³/mol. The molecule has 0 radical (unpaired) electrons. The van der Waals surface area contributed by atoms with Crippen LogP contribution in [0.2, 0.25) is 0 Å². The molecule has 0 saturated heterocycles. The standard InChI is InChI=1S/C18H18N4O3/c1-10-4-5-13(8-15(10)19-11(2)23)21-18(24)22-14-6-7-17-16(9-14)20-12(3)25-17/h4-9H,1-3H3,(H,19,23)(H2,21,22,24). The molecular weight excluding hydrogens is 320 g/mol. The third kappa shape index (κ3) is 3.95. The van der Waals surface area contributed by atoms with Crippen molar-refractivity contribution in [2.75, 3.05) is 16.0 Å². The third-order valence-corrected chi connectivity index (χ3v) is 3.56. The van der Waals surface area contributed by atoms with Gasteiger partial charge in [0, 0.05) is 30.9 Å². The van der Waals surface area contributed by atoms with Crippen molar-refractivity contribution in [3.8, 4) is 0 Å². The van der Waals surface area contributed by atoms with Crippen molar-refractivity contribution >= 4 is 40.1 Å². The number of amides is 3. The molecule has 0 bridgehead atoms. The van der Waals surface area contributed by atoms with Crippen molar-refractivity contribution < 1.29 is 14.0 Å². The molecule has 1 aromatic heterocycles. The van der Waals surface area contributed by atoms with E-state index in [0.29, 0.717) is 34.1 Å². The number of oxazole rings is 1. The Hall–Kier alpha value is -3.35. The number of fused-ring (bicyclic) bond motifs is 1. The van der Waals surface area contributed by atoms with Gasteiger partial charge in [-0.2, -0.15) is 0 Å². The molecule has 0 aliphatic rings. The summed E-state index contributed by atoms with van der Waals surface area (Å²) in [5.74, 6) is 0.405. The second kappa shape index (κ2) is 6.64. The summed E-state index contributed by atoms with van der Waals surface area (Å²) in [6, 6.07) is 10.1. The van der Waals surface area contributed by atoms with Crippen LogP contribution in [0.3, 0.4) is 0 Å². The van der Waals surface area contributed by atoms with Crippen molar-refractivity contribution in [2.24, 2.45) is 0 Å². The Bertz CT molecular complexity index is 962. The molecule has 0 unspecified atom stereocenters. The third-order valence-electron chi connectivity index (χ3n) is 3.56. The minimum atomic E-state index is -0.391. The number of carbonyl (C=O) groups excluding carboxylic acids is 2. The number of hydrogen-bond acceptors (Lipinski definition) is 4. The first kappa shape index (κ1) is 16.5. The van der Waals surface area contributed by atoms with Gasteiger partial charge >= 0.3 is 6.03 Å². The smallest absolute Gasteiger partial charge is 0.323 e. The van der Waals surface area contributed by atoms with E-state index >= 15 is 0 Å². The summed E-state index contributed by atoms with van der Waals surface area (Å²) in [5.41, 5.74) is 4.09. The summed E-state index contributed by atoms with van der Waals surface area (Å²) in [6.07, 6.45) is 0. The van der Waals surface area contributed by atoms with E-state index in [0.717, 1.165) is 5.56 Å². The average Bonchev–Trinajstić information content (AvgIpc) is 2.89. The fourth-order valence-electron chi connectivity index (χ4n) is 2.44. The molecule has 3 amide bonds. The Morgan fingerprint density at radius 1 is 0.960 bits per heavy atom. The van der Waals surface area contributed by atoms with Gasteiger partial charge in [-0.1, -0.05) is 6.07 Å². The van der Waals surface area contributed by atoms with Gasteiger partial charge in [-0.15, -0.1) is 0 Å². The monoisotopic (exact) mass is 338 g/mol. The Morgan fingerprint density at radius 2 is 1.64 bits per heavy atom. The number of nitrogens with zero attached hydrogens (tertiary/aromatic N) is 1. The molecule has 2 aromatic carbocycles. The minimum Gasteiger partial charge on any atom is -0.441 e. The van der Waals surface area contributed by atoms with Crippen molar-refractivity contribution in [2.45, 2.75) is 20.8 Å². The van der Waals surface area contributed by atoms with Crippen LogP contribution < -0.4 is 16.0 Å². The maximum atomic E-state index is 12.2. The predicted octanol–water partition coefficient (Wildman–Crippen LogP) is 4.05. The van der Waals surface area contributed by atoms with E-state index in [1.807, 2.05) is 13.0 Å². The molecule has 1 heterocycles. The van der Waals surface area contributed by atoms with E-state index in [2.05, 4.69) is 20.9 Å². The summed E-state index contributed by atoms with van der Waals surface area (Å²) < 4.78 is 5.41. The highest BCUT2D eigenvalue weighted by Gasteiger charge is 2.08. The molecule has 0 atom stereocenters. The number of anilines is 3. The lowest BCUT2D eigenvalue weighted by Crippen LogP contribution is -2.19. The fourth-order valence-corrected chi connectivity index (χ4v) is 2.44. The Kier molecular flexibility index (Phi) is 4.38. The van der Waals surface area contributed by atoms with E-state index < -0.39 is 6.03 Å². The molecule has 0 aliphatic carbocycles. The van der Waals surface area contributed by atoms with Gasteiger partial charge in [0.25, 0.3) is 0 Å². The number of aromatic nitrogens is 1. The van der Waals surface area contributed by atoms with Gasteiger partial charge in [-0.3, -0.25) is 4.79 Å². The van der Waals surface area contributed by atoms with E-state index in [9.17, 15) is 9.59 Å². The SMILES string of the molecule is CC(=O)Nc1cc(NC(=O)Nc2ccc3oc(C)nc3c2)ccc1C. The quantitative estimate of drug-likeness (QED) is 0.671. The molecule has 25 heavy (non-hydrogen) atoms. The van der Waals surface area contributed by atoms with Gasteiger partial charge in [0.15, 0.2) is 11.5 Å². The Labute approximate surface area is 144 Å². The first-order chi connectivity index (χ1) is 11.9. The van der Waals surface area contributed by atoms with Crippen molar-refractivity contribution in [1.29, 1.82) is 0 Å². The zero-order chi connectivity index (χ0) is 18.0. The van der Waals surface area contributed by atoms with Gasteiger partial charge in [0.05, 0.1) is 0 Å². The van der Waals surface area contributed by atoms with Crippen LogP contribution in [0, 0.1) is 13.8 Å². The highest BCUT2D eigenvalue weighted by Crippen LogP contribution is 2.22. The topological polar surface area (TPSA) is 96.3 Å². The molecule has 3 aromatic rings. The molecule has 0 spiro atoms. The molecule has 7 heteroatoms. The van der Waals surface area contributed by atoms with Crippen LogP contribution in [0.25, 0.3) is 11.1 Å². The summed E-state index contributed by atoms with van der Waals surface area (Å²) in [6.45, 7) is 5.09. The van der Waals surface area contributed by atoms with Crippen molar-refractivity contribution in [3.63, 3.8) is 0 Å². The zero-order valence-electron chi connectivity index (χ0n) is 14.1. The lowest BCUT2D eigenvalue weighted by molar-refractivity contribution is -0.114. The van der Waals surface area contributed by atoms with Crippen molar-refractivity contribution in [3.05, 3.63) is 47.9 Å². The number of nitrogens with one attached hydrogen (secondary N) is 3. The second-order valence-electron chi connectivity index (χ2n) is 5.71. The maximum Gasteiger partial charge on any atom is 0.323 e. The summed E-state index contributed by atoms with van der Waals surface area (Å²) in [7, 11) is 0. The minimum absolute atomic E-state index is 0.166. The fraction of sp³-hybridized carbons (Fsp3) is 0.167. The highest BCUT2D eigenvalue weighted by atomic mass is 16.3. The first-order valence-electron chi connectivity index (χ1n) is 7.74. The summed E-state index contributed by atoms with van der Waals surface area (Å²) in [5, 5.41) is 8.22. The zero-order valence-corrected chi connectivity index (χ0v) is 14.1. The Morgan fingerprint density at radius 3 is 2.36 bits per heavy atom.